The SMILES string of the molecule is CCCc1ccc2c(N)c(C(=O)Nc3ccc(OC(F)(F)F)cc3)sc2n1. The molecule has 9 heteroatoms. The van der Waals surface area contributed by atoms with Crippen LogP contribution >= 0.6 is 11.3 Å². The van der Waals surface area contributed by atoms with E-state index in [0.717, 1.165) is 30.7 Å². The Hall–Kier alpha value is -2.81. The van der Waals surface area contributed by atoms with Crippen LogP contribution in [-0.4, -0.2) is 17.3 Å². The molecule has 2 heterocycles. The van der Waals surface area contributed by atoms with Gasteiger partial charge < -0.3 is 15.8 Å². The third kappa shape index (κ3) is 4.48. The normalized spacial score (nSPS) is 11.6. The summed E-state index contributed by atoms with van der Waals surface area (Å²) in [5.74, 6) is -0.813. The van der Waals surface area contributed by atoms with Crippen LogP contribution in [0.2, 0.25) is 0 Å². The molecule has 3 N–H and O–H groups in total. The summed E-state index contributed by atoms with van der Waals surface area (Å²) in [5.41, 5.74) is 7.66. The molecule has 0 aliphatic rings. The Morgan fingerprint density at radius 2 is 1.93 bits per heavy atom. The molecular formula is C18H16F3N3O2S. The second-order valence-corrected chi connectivity index (χ2v) is 6.78. The van der Waals surface area contributed by atoms with Gasteiger partial charge in [0.1, 0.15) is 15.5 Å². The van der Waals surface area contributed by atoms with Gasteiger partial charge in [-0.1, -0.05) is 13.3 Å². The first-order chi connectivity index (χ1) is 12.8. The summed E-state index contributed by atoms with van der Waals surface area (Å²) in [7, 11) is 0. The number of pyridine rings is 1. The molecule has 3 rings (SSSR count). The summed E-state index contributed by atoms with van der Waals surface area (Å²) in [6.07, 6.45) is -2.97. The fourth-order valence-corrected chi connectivity index (χ4v) is 3.54. The predicted octanol–water partition coefficient (Wildman–Crippen LogP) is 4.98. The Balaban J connectivity index is 1.78. The highest BCUT2D eigenvalue weighted by Crippen LogP contribution is 2.33. The number of benzene rings is 1. The Labute approximate surface area is 157 Å². The van der Waals surface area contributed by atoms with Gasteiger partial charge in [-0.05, 0) is 42.8 Å². The lowest BCUT2D eigenvalue weighted by Crippen LogP contribution is -2.17. The van der Waals surface area contributed by atoms with Crippen LogP contribution in [0.5, 0.6) is 5.75 Å². The van der Waals surface area contributed by atoms with Crippen LogP contribution in [0.4, 0.5) is 24.5 Å². The summed E-state index contributed by atoms with van der Waals surface area (Å²) in [6, 6.07) is 8.61. The lowest BCUT2D eigenvalue weighted by Gasteiger charge is -2.09. The number of fused-ring (bicyclic) bond motifs is 1. The van der Waals surface area contributed by atoms with Crippen LogP contribution in [0, 0.1) is 0 Å². The Morgan fingerprint density at radius 3 is 2.56 bits per heavy atom. The number of nitrogens with two attached hydrogens (primary N) is 1. The van der Waals surface area contributed by atoms with E-state index in [2.05, 4.69) is 22.0 Å². The number of nitrogens with one attached hydrogen (secondary N) is 1. The Kier molecular flexibility index (Phi) is 5.22. The molecular weight excluding hydrogens is 379 g/mol. The van der Waals surface area contributed by atoms with Gasteiger partial charge in [-0.2, -0.15) is 0 Å². The minimum Gasteiger partial charge on any atom is -0.406 e. The molecule has 0 saturated heterocycles. The number of alkyl halides is 3. The molecule has 1 aromatic carbocycles. The molecule has 0 saturated carbocycles. The maximum absolute atomic E-state index is 12.5. The highest BCUT2D eigenvalue weighted by atomic mass is 32.1. The Morgan fingerprint density at radius 1 is 1.22 bits per heavy atom. The number of hydrogen-bond acceptors (Lipinski definition) is 5. The van der Waals surface area contributed by atoms with Crippen molar-refractivity contribution in [2.24, 2.45) is 0 Å². The van der Waals surface area contributed by atoms with Crippen LogP contribution < -0.4 is 15.8 Å². The third-order valence-corrected chi connectivity index (χ3v) is 4.82. The van der Waals surface area contributed by atoms with E-state index < -0.39 is 12.3 Å². The summed E-state index contributed by atoms with van der Waals surface area (Å²) < 4.78 is 40.4. The first-order valence-electron chi connectivity index (χ1n) is 8.12. The van der Waals surface area contributed by atoms with E-state index in [9.17, 15) is 18.0 Å². The molecule has 0 atom stereocenters. The summed E-state index contributed by atoms with van der Waals surface area (Å²) >= 11 is 1.18. The number of amides is 1. The molecule has 0 aliphatic heterocycles. The highest BCUT2D eigenvalue weighted by molar-refractivity contribution is 7.21. The fraction of sp³-hybridized carbons (Fsp3) is 0.222. The number of thiophene rings is 1. The van der Waals surface area contributed by atoms with E-state index in [-0.39, 0.29) is 5.75 Å². The number of anilines is 2. The standard InChI is InChI=1S/C18H16F3N3O2S/c1-2-3-10-6-9-13-14(22)15(27-17(13)24-10)16(25)23-11-4-7-12(8-5-11)26-18(19,20)21/h4-9H,2-3,22H2,1H3,(H,23,25). The van der Waals surface area contributed by atoms with Crippen LogP contribution in [0.3, 0.4) is 0 Å². The largest absolute Gasteiger partial charge is 0.573 e. The highest BCUT2D eigenvalue weighted by Gasteiger charge is 2.31. The van der Waals surface area contributed by atoms with E-state index in [0.29, 0.717) is 26.5 Å². The van der Waals surface area contributed by atoms with Crippen molar-refractivity contribution in [2.75, 3.05) is 11.1 Å². The molecule has 0 fully saturated rings. The number of aryl methyl sites for hydroxylation is 1. The van der Waals surface area contributed by atoms with Crippen molar-refractivity contribution in [3.05, 3.63) is 47.0 Å². The van der Waals surface area contributed by atoms with Crippen molar-refractivity contribution in [3.63, 3.8) is 0 Å². The maximum atomic E-state index is 12.5. The van der Waals surface area contributed by atoms with Crippen LogP contribution in [0.25, 0.3) is 10.2 Å². The number of aromatic nitrogens is 1. The van der Waals surface area contributed by atoms with E-state index in [4.69, 9.17) is 5.73 Å². The van der Waals surface area contributed by atoms with Crippen LogP contribution in [0.15, 0.2) is 36.4 Å². The quantitative estimate of drug-likeness (QED) is 0.639. The van der Waals surface area contributed by atoms with E-state index in [1.807, 2.05) is 12.1 Å². The minimum absolute atomic E-state index is 0.307. The van der Waals surface area contributed by atoms with Gasteiger partial charge in [-0.3, -0.25) is 4.79 Å². The summed E-state index contributed by atoms with van der Waals surface area (Å²) in [6.45, 7) is 2.05. The average molecular weight is 395 g/mol. The van der Waals surface area contributed by atoms with Gasteiger partial charge in [0.2, 0.25) is 0 Å². The van der Waals surface area contributed by atoms with Gasteiger partial charge in [0, 0.05) is 16.8 Å². The predicted molar refractivity (Wildman–Crippen MR) is 99.1 cm³/mol. The zero-order chi connectivity index (χ0) is 19.6. The van der Waals surface area contributed by atoms with Gasteiger partial charge in [-0.25, -0.2) is 4.98 Å². The second-order valence-electron chi connectivity index (χ2n) is 5.78. The molecule has 3 aromatic rings. The van der Waals surface area contributed by atoms with E-state index >= 15 is 0 Å². The number of carbonyl (C=O) groups excluding carboxylic acids is 1. The first kappa shape index (κ1) is 19.0. The number of carbonyl (C=O) groups is 1. The molecule has 27 heavy (non-hydrogen) atoms. The molecule has 0 aliphatic carbocycles. The smallest absolute Gasteiger partial charge is 0.406 e. The van der Waals surface area contributed by atoms with Crippen molar-refractivity contribution >= 4 is 38.8 Å². The molecule has 5 nitrogen and oxygen atoms in total. The molecule has 0 bridgehead atoms. The average Bonchev–Trinajstić information content (AvgIpc) is 2.92. The second kappa shape index (κ2) is 7.43. The lowest BCUT2D eigenvalue weighted by molar-refractivity contribution is -0.274. The molecule has 1 amide bonds. The molecule has 0 radical (unpaired) electrons. The van der Waals surface area contributed by atoms with Crippen molar-refractivity contribution in [2.45, 2.75) is 26.1 Å². The zero-order valence-electron chi connectivity index (χ0n) is 14.3. The van der Waals surface area contributed by atoms with Crippen molar-refractivity contribution < 1.29 is 22.7 Å². The molecule has 0 spiro atoms. The van der Waals surface area contributed by atoms with E-state index in [1.165, 1.54) is 23.5 Å². The maximum Gasteiger partial charge on any atom is 0.573 e. The van der Waals surface area contributed by atoms with Crippen molar-refractivity contribution in [3.8, 4) is 5.75 Å². The van der Waals surface area contributed by atoms with Crippen LogP contribution in [-0.2, 0) is 6.42 Å². The number of ether oxygens (including phenoxy) is 1. The first-order valence-corrected chi connectivity index (χ1v) is 8.93. The summed E-state index contributed by atoms with van der Waals surface area (Å²) in [5, 5.41) is 3.32. The summed E-state index contributed by atoms with van der Waals surface area (Å²) in [4.78, 5) is 18.0. The molecule has 142 valence electrons. The number of halogens is 3. The van der Waals surface area contributed by atoms with Gasteiger partial charge in [-0.15, -0.1) is 24.5 Å². The monoisotopic (exact) mass is 395 g/mol. The van der Waals surface area contributed by atoms with Gasteiger partial charge in [0.05, 0.1) is 5.69 Å². The lowest BCUT2D eigenvalue weighted by atomic mass is 10.2. The molecule has 0 unspecified atom stereocenters. The zero-order valence-corrected chi connectivity index (χ0v) is 15.1. The minimum atomic E-state index is -4.76. The number of nitrogens with zero attached hydrogens (tertiary/aromatic N) is 1. The fourth-order valence-electron chi connectivity index (χ4n) is 2.53. The van der Waals surface area contributed by atoms with E-state index in [1.54, 1.807) is 0 Å². The number of rotatable bonds is 5. The van der Waals surface area contributed by atoms with Gasteiger partial charge in [0.15, 0.2) is 0 Å². The third-order valence-electron chi connectivity index (χ3n) is 3.71. The van der Waals surface area contributed by atoms with Gasteiger partial charge in [0.25, 0.3) is 5.91 Å². The molecule has 2 aromatic heterocycles. The van der Waals surface area contributed by atoms with Crippen molar-refractivity contribution in [1.82, 2.24) is 4.98 Å². The van der Waals surface area contributed by atoms with Crippen molar-refractivity contribution in [1.29, 1.82) is 0 Å². The number of nitrogen functional groups attached to an aromatic ring is 1. The van der Waals surface area contributed by atoms with Crippen LogP contribution in [0.1, 0.15) is 28.7 Å². The topological polar surface area (TPSA) is 77.2 Å². The van der Waals surface area contributed by atoms with Gasteiger partial charge >= 0.3 is 6.36 Å². The number of hydrogen-bond donors (Lipinski definition) is 2. The Bertz CT molecular complexity index is 968.